The summed E-state index contributed by atoms with van der Waals surface area (Å²) >= 11 is 1.68. The number of rotatable bonds is 2. The van der Waals surface area contributed by atoms with E-state index < -0.39 is 0 Å². The molecule has 0 aliphatic heterocycles. The second kappa shape index (κ2) is 4.27. The fourth-order valence-electron chi connectivity index (χ4n) is 1.74. The minimum absolute atomic E-state index is 0.444. The van der Waals surface area contributed by atoms with Gasteiger partial charge < -0.3 is 16.5 Å². The van der Waals surface area contributed by atoms with Crippen LogP contribution < -0.4 is 11.5 Å². The summed E-state index contributed by atoms with van der Waals surface area (Å²) in [5, 5.41) is 0. The lowest BCUT2D eigenvalue weighted by Gasteiger charge is -2.02. The van der Waals surface area contributed by atoms with Crippen LogP contribution in [0.3, 0.4) is 0 Å². The Morgan fingerprint density at radius 3 is 2.44 bits per heavy atom. The van der Waals surface area contributed by atoms with Gasteiger partial charge in [-0.15, -0.1) is 0 Å². The van der Waals surface area contributed by atoms with Gasteiger partial charge in [-0.1, -0.05) is 11.8 Å². The molecule has 0 aliphatic rings. The summed E-state index contributed by atoms with van der Waals surface area (Å²) in [5.74, 6) is 0.444. The minimum atomic E-state index is 0.444. The molecule has 0 radical (unpaired) electrons. The standard InChI is InChI=1S/C13H12N4S/c14-8-1-3-9(4-2-8)18-10-5-6-11-12(7-10)17-13(15)16-11/h1-7H,14H2,(H3,15,16,17). The quantitative estimate of drug-likeness (QED) is 0.616. The molecule has 0 bridgehead atoms. The molecule has 0 atom stereocenters. The Morgan fingerprint density at radius 2 is 1.67 bits per heavy atom. The Hall–Kier alpha value is -2.14. The van der Waals surface area contributed by atoms with E-state index in [1.807, 2.05) is 42.5 Å². The molecule has 1 aromatic heterocycles. The van der Waals surface area contributed by atoms with E-state index in [9.17, 15) is 0 Å². The second-order valence-corrected chi connectivity index (χ2v) is 5.12. The van der Waals surface area contributed by atoms with Crippen molar-refractivity contribution >= 4 is 34.4 Å². The number of nitrogens with one attached hydrogen (secondary N) is 1. The van der Waals surface area contributed by atoms with Crippen molar-refractivity contribution in [2.45, 2.75) is 9.79 Å². The highest BCUT2D eigenvalue weighted by Gasteiger charge is 2.02. The predicted octanol–water partition coefficient (Wildman–Crippen LogP) is 2.88. The molecule has 3 aromatic rings. The zero-order valence-corrected chi connectivity index (χ0v) is 10.4. The molecular formula is C13H12N4S. The molecule has 5 N–H and O–H groups in total. The highest BCUT2D eigenvalue weighted by atomic mass is 32.2. The van der Waals surface area contributed by atoms with Gasteiger partial charge in [0.15, 0.2) is 5.95 Å². The van der Waals surface area contributed by atoms with Crippen LogP contribution in [0.25, 0.3) is 11.0 Å². The third kappa shape index (κ3) is 2.12. The largest absolute Gasteiger partial charge is 0.399 e. The van der Waals surface area contributed by atoms with E-state index >= 15 is 0 Å². The van der Waals surface area contributed by atoms with Gasteiger partial charge in [-0.05, 0) is 42.5 Å². The zero-order valence-electron chi connectivity index (χ0n) is 9.55. The van der Waals surface area contributed by atoms with Gasteiger partial charge >= 0.3 is 0 Å². The minimum Gasteiger partial charge on any atom is -0.399 e. The zero-order chi connectivity index (χ0) is 12.5. The number of anilines is 2. The predicted molar refractivity (Wildman–Crippen MR) is 75.5 cm³/mol. The molecule has 0 fully saturated rings. The van der Waals surface area contributed by atoms with E-state index in [0.717, 1.165) is 26.5 Å². The van der Waals surface area contributed by atoms with E-state index in [2.05, 4.69) is 9.97 Å². The molecule has 90 valence electrons. The van der Waals surface area contributed by atoms with Crippen molar-refractivity contribution in [3.63, 3.8) is 0 Å². The topological polar surface area (TPSA) is 80.7 Å². The van der Waals surface area contributed by atoms with Gasteiger partial charge in [0, 0.05) is 15.5 Å². The summed E-state index contributed by atoms with van der Waals surface area (Å²) in [6.07, 6.45) is 0. The SMILES string of the molecule is Nc1ccc(Sc2ccc3nc(N)[nH]c3c2)cc1. The maximum absolute atomic E-state index is 5.66. The molecule has 18 heavy (non-hydrogen) atoms. The Bertz CT molecular complexity index is 688. The van der Waals surface area contributed by atoms with E-state index in [0.29, 0.717) is 5.95 Å². The molecule has 5 heteroatoms. The van der Waals surface area contributed by atoms with Crippen LogP contribution in [0.5, 0.6) is 0 Å². The number of imidazole rings is 1. The first-order valence-electron chi connectivity index (χ1n) is 5.49. The van der Waals surface area contributed by atoms with Gasteiger partial charge in [0.1, 0.15) is 0 Å². The van der Waals surface area contributed by atoms with Crippen LogP contribution in [0, 0.1) is 0 Å². The van der Waals surface area contributed by atoms with Gasteiger partial charge in [0.2, 0.25) is 0 Å². The molecule has 1 heterocycles. The number of nitrogens with zero attached hydrogens (tertiary/aromatic N) is 1. The molecule has 0 saturated heterocycles. The number of hydrogen-bond acceptors (Lipinski definition) is 4. The van der Waals surface area contributed by atoms with E-state index in [1.165, 1.54) is 0 Å². The van der Waals surface area contributed by atoms with Gasteiger partial charge in [-0.3, -0.25) is 0 Å². The molecule has 0 unspecified atom stereocenters. The smallest absolute Gasteiger partial charge is 0.198 e. The van der Waals surface area contributed by atoms with Crippen LogP contribution in [-0.2, 0) is 0 Å². The lowest BCUT2D eigenvalue weighted by Crippen LogP contribution is -1.84. The lowest BCUT2D eigenvalue weighted by molar-refractivity contribution is 1.35. The Morgan fingerprint density at radius 1 is 0.944 bits per heavy atom. The van der Waals surface area contributed by atoms with Crippen molar-refractivity contribution in [1.29, 1.82) is 0 Å². The number of fused-ring (bicyclic) bond motifs is 1. The van der Waals surface area contributed by atoms with Crippen molar-refractivity contribution in [2.75, 3.05) is 11.5 Å². The third-order valence-electron chi connectivity index (χ3n) is 2.59. The van der Waals surface area contributed by atoms with Gasteiger partial charge in [-0.25, -0.2) is 4.98 Å². The van der Waals surface area contributed by atoms with Crippen molar-refractivity contribution < 1.29 is 0 Å². The molecule has 0 spiro atoms. The number of hydrogen-bond donors (Lipinski definition) is 3. The summed E-state index contributed by atoms with van der Waals surface area (Å²) in [6, 6.07) is 13.8. The molecule has 0 saturated carbocycles. The maximum Gasteiger partial charge on any atom is 0.198 e. The van der Waals surface area contributed by atoms with Crippen LogP contribution in [0.2, 0.25) is 0 Å². The molecular weight excluding hydrogens is 244 g/mol. The molecule has 0 aliphatic carbocycles. The summed E-state index contributed by atoms with van der Waals surface area (Å²) in [5.41, 5.74) is 13.9. The van der Waals surface area contributed by atoms with Crippen molar-refractivity contribution in [1.82, 2.24) is 9.97 Å². The van der Waals surface area contributed by atoms with E-state index in [1.54, 1.807) is 11.8 Å². The number of nitrogen functional groups attached to an aromatic ring is 2. The lowest BCUT2D eigenvalue weighted by atomic mass is 10.3. The average molecular weight is 256 g/mol. The average Bonchev–Trinajstić information content (AvgIpc) is 2.71. The van der Waals surface area contributed by atoms with Crippen molar-refractivity contribution in [3.8, 4) is 0 Å². The third-order valence-corrected chi connectivity index (χ3v) is 3.58. The Kier molecular flexibility index (Phi) is 2.60. The van der Waals surface area contributed by atoms with Crippen molar-refractivity contribution in [3.05, 3.63) is 42.5 Å². The van der Waals surface area contributed by atoms with Crippen molar-refractivity contribution in [2.24, 2.45) is 0 Å². The molecule has 0 amide bonds. The summed E-state index contributed by atoms with van der Waals surface area (Å²) in [7, 11) is 0. The monoisotopic (exact) mass is 256 g/mol. The summed E-state index contributed by atoms with van der Waals surface area (Å²) < 4.78 is 0. The molecule has 4 nitrogen and oxygen atoms in total. The fourth-order valence-corrected chi connectivity index (χ4v) is 2.60. The first kappa shape index (κ1) is 11.0. The summed E-state index contributed by atoms with van der Waals surface area (Å²) in [4.78, 5) is 9.48. The normalized spacial score (nSPS) is 10.9. The van der Waals surface area contributed by atoms with Crippen LogP contribution in [-0.4, -0.2) is 9.97 Å². The maximum atomic E-state index is 5.66. The Labute approximate surface area is 108 Å². The number of aromatic nitrogens is 2. The molecule has 3 rings (SSSR count). The second-order valence-electron chi connectivity index (χ2n) is 3.97. The number of nitrogens with two attached hydrogens (primary N) is 2. The highest BCUT2D eigenvalue weighted by molar-refractivity contribution is 7.99. The van der Waals surface area contributed by atoms with E-state index in [4.69, 9.17) is 11.5 Å². The van der Waals surface area contributed by atoms with Crippen LogP contribution in [0.4, 0.5) is 11.6 Å². The Balaban J connectivity index is 1.92. The van der Waals surface area contributed by atoms with Crippen LogP contribution in [0.15, 0.2) is 52.3 Å². The van der Waals surface area contributed by atoms with Gasteiger partial charge in [0.05, 0.1) is 11.0 Å². The van der Waals surface area contributed by atoms with Gasteiger partial charge in [0.25, 0.3) is 0 Å². The van der Waals surface area contributed by atoms with E-state index in [-0.39, 0.29) is 0 Å². The van der Waals surface area contributed by atoms with Crippen LogP contribution >= 0.6 is 11.8 Å². The number of benzene rings is 2. The number of H-pyrrole nitrogens is 1. The molecule has 2 aromatic carbocycles. The first-order chi connectivity index (χ1) is 8.70. The van der Waals surface area contributed by atoms with Gasteiger partial charge in [-0.2, -0.15) is 0 Å². The highest BCUT2D eigenvalue weighted by Crippen LogP contribution is 2.30. The van der Waals surface area contributed by atoms with Crippen LogP contribution in [0.1, 0.15) is 0 Å². The fraction of sp³-hybridized carbons (Fsp3) is 0. The number of aromatic amines is 1. The summed E-state index contributed by atoms with van der Waals surface area (Å²) in [6.45, 7) is 0. The first-order valence-corrected chi connectivity index (χ1v) is 6.31.